The van der Waals surface area contributed by atoms with Gasteiger partial charge in [0.05, 0.1) is 0 Å². The number of nitrogens with zero attached hydrogens (tertiary/aromatic N) is 3. The molecule has 2 rings (SSSR count). The molecular formula is C13H20N4S. The molecule has 1 saturated heterocycles. The SMILES string of the molecule is CN1CCC(N(C)c2ccc(C(N)=S)cn2)CC1. The number of hydrogen-bond acceptors (Lipinski definition) is 4. The quantitative estimate of drug-likeness (QED) is 0.832. The molecule has 2 N–H and O–H groups in total. The smallest absolute Gasteiger partial charge is 0.128 e. The number of pyridine rings is 1. The van der Waals surface area contributed by atoms with Crippen molar-refractivity contribution in [3.8, 4) is 0 Å². The minimum atomic E-state index is 0.399. The van der Waals surface area contributed by atoms with Crippen LogP contribution in [-0.4, -0.2) is 48.1 Å². The lowest BCUT2D eigenvalue weighted by atomic mass is 10.0. The van der Waals surface area contributed by atoms with E-state index in [1.165, 1.54) is 12.8 Å². The predicted octanol–water partition coefficient (Wildman–Crippen LogP) is 1.25. The monoisotopic (exact) mass is 264 g/mol. The summed E-state index contributed by atoms with van der Waals surface area (Å²) in [4.78, 5) is 9.47. The molecule has 1 fully saturated rings. The molecule has 0 spiro atoms. The topological polar surface area (TPSA) is 45.4 Å². The van der Waals surface area contributed by atoms with Crippen LogP contribution in [-0.2, 0) is 0 Å². The maximum atomic E-state index is 5.57. The first-order valence-corrected chi connectivity index (χ1v) is 6.66. The molecule has 0 radical (unpaired) electrons. The van der Waals surface area contributed by atoms with Gasteiger partial charge in [-0.05, 0) is 45.1 Å². The van der Waals surface area contributed by atoms with Gasteiger partial charge in [-0.15, -0.1) is 0 Å². The van der Waals surface area contributed by atoms with Gasteiger partial charge >= 0.3 is 0 Å². The molecule has 0 bridgehead atoms. The zero-order valence-corrected chi connectivity index (χ0v) is 11.8. The first kappa shape index (κ1) is 13.2. The van der Waals surface area contributed by atoms with E-state index in [2.05, 4.69) is 28.9 Å². The summed E-state index contributed by atoms with van der Waals surface area (Å²) >= 11 is 4.93. The number of thiocarbonyl (C=S) groups is 1. The Balaban J connectivity index is 2.04. The minimum Gasteiger partial charge on any atom is -0.389 e. The third-order valence-electron chi connectivity index (χ3n) is 3.63. The lowest BCUT2D eigenvalue weighted by molar-refractivity contribution is 0.252. The Labute approximate surface area is 114 Å². The van der Waals surface area contributed by atoms with Crippen molar-refractivity contribution >= 4 is 23.0 Å². The summed E-state index contributed by atoms with van der Waals surface area (Å²) in [6.45, 7) is 2.31. The number of rotatable bonds is 3. The Morgan fingerprint density at radius 3 is 2.61 bits per heavy atom. The zero-order valence-electron chi connectivity index (χ0n) is 11.0. The van der Waals surface area contributed by atoms with Crippen LogP contribution in [0.4, 0.5) is 5.82 Å². The summed E-state index contributed by atoms with van der Waals surface area (Å²) in [5.74, 6) is 0.990. The van der Waals surface area contributed by atoms with E-state index in [1.54, 1.807) is 6.20 Å². The number of hydrogen-bond donors (Lipinski definition) is 1. The molecule has 2 heterocycles. The van der Waals surface area contributed by atoms with Crippen LogP contribution in [0.1, 0.15) is 18.4 Å². The Morgan fingerprint density at radius 2 is 2.11 bits per heavy atom. The highest BCUT2D eigenvalue weighted by molar-refractivity contribution is 7.80. The second-order valence-corrected chi connectivity index (χ2v) is 5.35. The highest BCUT2D eigenvalue weighted by atomic mass is 32.1. The first-order valence-electron chi connectivity index (χ1n) is 6.25. The van der Waals surface area contributed by atoms with Gasteiger partial charge in [0.1, 0.15) is 10.8 Å². The van der Waals surface area contributed by atoms with Crippen molar-refractivity contribution in [3.05, 3.63) is 23.9 Å². The molecule has 0 amide bonds. The molecule has 0 saturated carbocycles. The van der Waals surface area contributed by atoms with Crippen molar-refractivity contribution in [2.24, 2.45) is 5.73 Å². The van der Waals surface area contributed by atoms with Crippen LogP contribution in [0.3, 0.4) is 0 Å². The van der Waals surface area contributed by atoms with Crippen molar-refractivity contribution in [3.63, 3.8) is 0 Å². The second-order valence-electron chi connectivity index (χ2n) is 4.91. The number of likely N-dealkylation sites (tertiary alicyclic amines) is 1. The second kappa shape index (κ2) is 5.63. The molecule has 0 aliphatic carbocycles. The number of piperidine rings is 1. The summed E-state index contributed by atoms with van der Waals surface area (Å²) in [7, 11) is 4.28. The standard InChI is InChI=1S/C13H20N4S/c1-16-7-5-11(6-8-16)17(2)12-4-3-10(9-15-12)13(14)18/h3-4,9,11H,5-8H2,1-2H3,(H2,14,18). The number of aromatic nitrogens is 1. The van der Waals surface area contributed by atoms with E-state index in [-0.39, 0.29) is 0 Å². The molecule has 18 heavy (non-hydrogen) atoms. The van der Waals surface area contributed by atoms with Crippen LogP contribution in [0.5, 0.6) is 0 Å². The van der Waals surface area contributed by atoms with E-state index in [0.29, 0.717) is 11.0 Å². The third-order valence-corrected chi connectivity index (χ3v) is 3.87. The fourth-order valence-electron chi connectivity index (χ4n) is 2.31. The van der Waals surface area contributed by atoms with Crippen LogP contribution in [0, 0.1) is 0 Å². The summed E-state index contributed by atoms with van der Waals surface area (Å²) in [5, 5.41) is 0. The lowest BCUT2D eigenvalue weighted by Crippen LogP contribution is -2.42. The van der Waals surface area contributed by atoms with Gasteiger partial charge < -0.3 is 15.5 Å². The molecule has 1 aliphatic heterocycles. The molecular weight excluding hydrogens is 244 g/mol. The van der Waals surface area contributed by atoms with Crippen LogP contribution in [0.25, 0.3) is 0 Å². The first-order chi connectivity index (χ1) is 8.58. The highest BCUT2D eigenvalue weighted by Crippen LogP contribution is 2.19. The molecule has 1 aliphatic rings. The van der Waals surface area contributed by atoms with Crippen LogP contribution < -0.4 is 10.6 Å². The maximum absolute atomic E-state index is 5.57. The Hall–Kier alpha value is -1.20. The average molecular weight is 264 g/mol. The molecule has 1 aromatic rings. The number of nitrogens with two attached hydrogens (primary N) is 1. The Bertz CT molecular complexity index is 410. The van der Waals surface area contributed by atoms with Crippen LogP contribution in [0.2, 0.25) is 0 Å². The van der Waals surface area contributed by atoms with Crippen molar-refractivity contribution < 1.29 is 0 Å². The van der Waals surface area contributed by atoms with Gasteiger partial charge in [0, 0.05) is 24.8 Å². The van der Waals surface area contributed by atoms with Crippen molar-refractivity contribution in [1.82, 2.24) is 9.88 Å². The Morgan fingerprint density at radius 1 is 1.44 bits per heavy atom. The molecule has 5 heteroatoms. The highest BCUT2D eigenvalue weighted by Gasteiger charge is 2.21. The molecule has 0 unspecified atom stereocenters. The fourth-order valence-corrected chi connectivity index (χ4v) is 2.43. The molecule has 1 aromatic heterocycles. The van der Waals surface area contributed by atoms with E-state index >= 15 is 0 Å². The van der Waals surface area contributed by atoms with E-state index in [1.807, 2.05) is 12.1 Å². The molecule has 4 nitrogen and oxygen atoms in total. The normalized spacial score (nSPS) is 17.7. The maximum Gasteiger partial charge on any atom is 0.128 e. The summed E-state index contributed by atoms with van der Waals surface area (Å²) in [6, 6.07) is 4.51. The summed E-state index contributed by atoms with van der Waals surface area (Å²) in [6.07, 6.45) is 4.13. The summed E-state index contributed by atoms with van der Waals surface area (Å²) < 4.78 is 0. The number of anilines is 1. The van der Waals surface area contributed by atoms with E-state index in [0.717, 1.165) is 24.5 Å². The van der Waals surface area contributed by atoms with Crippen molar-refractivity contribution in [2.75, 3.05) is 32.1 Å². The van der Waals surface area contributed by atoms with Gasteiger partial charge in [-0.1, -0.05) is 12.2 Å². The summed E-state index contributed by atoms with van der Waals surface area (Å²) in [5.41, 5.74) is 6.39. The van der Waals surface area contributed by atoms with Crippen molar-refractivity contribution in [2.45, 2.75) is 18.9 Å². The van der Waals surface area contributed by atoms with Crippen molar-refractivity contribution in [1.29, 1.82) is 0 Å². The molecule has 98 valence electrons. The van der Waals surface area contributed by atoms with Gasteiger partial charge in [0.15, 0.2) is 0 Å². The van der Waals surface area contributed by atoms with Gasteiger partial charge in [-0.2, -0.15) is 0 Å². The Kier molecular flexibility index (Phi) is 4.14. The average Bonchev–Trinajstić information content (AvgIpc) is 2.39. The van der Waals surface area contributed by atoms with Gasteiger partial charge in [0.25, 0.3) is 0 Å². The van der Waals surface area contributed by atoms with Gasteiger partial charge in [0.2, 0.25) is 0 Å². The van der Waals surface area contributed by atoms with E-state index < -0.39 is 0 Å². The lowest BCUT2D eigenvalue weighted by Gasteiger charge is -2.35. The zero-order chi connectivity index (χ0) is 13.1. The van der Waals surface area contributed by atoms with E-state index in [4.69, 9.17) is 18.0 Å². The van der Waals surface area contributed by atoms with Crippen LogP contribution in [0.15, 0.2) is 18.3 Å². The van der Waals surface area contributed by atoms with E-state index in [9.17, 15) is 0 Å². The minimum absolute atomic E-state index is 0.399. The van der Waals surface area contributed by atoms with Gasteiger partial charge in [-0.3, -0.25) is 0 Å². The molecule has 0 atom stereocenters. The van der Waals surface area contributed by atoms with Gasteiger partial charge in [-0.25, -0.2) is 4.98 Å². The predicted molar refractivity (Wildman–Crippen MR) is 79.0 cm³/mol. The molecule has 0 aromatic carbocycles. The van der Waals surface area contributed by atoms with Crippen LogP contribution >= 0.6 is 12.2 Å². The fraction of sp³-hybridized carbons (Fsp3) is 0.538. The third kappa shape index (κ3) is 2.97. The largest absolute Gasteiger partial charge is 0.389 e.